The van der Waals surface area contributed by atoms with Gasteiger partial charge in [0.05, 0.1) is 19.4 Å². The Morgan fingerprint density at radius 1 is 0.938 bits per heavy atom. The van der Waals surface area contributed by atoms with E-state index in [1.807, 2.05) is 0 Å². The lowest BCUT2D eigenvalue weighted by atomic mass is 10.5. The van der Waals surface area contributed by atoms with Crippen molar-refractivity contribution in [2.24, 2.45) is 0 Å². The van der Waals surface area contributed by atoms with Crippen molar-refractivity contribution < 1.29 is 0 Å². The largest absolute Gasteiger partial charge is 0.380 e. The van der Waals surface area contributed by atoms with Gasteiger partial charge in [-0.05, 0) is 11.1 Å². The van der Waals surface area contributed by atoms with Crippen molar-refractivity contribution in [3.63, 3.8) is 0 Å². The Balaban J connectivity index is 4.40. The Kier molecular flexibility index (Phi) is 10.7. The molecule has 0 amide bonds. The number of rotatable bonds is 9. The second kappa shape index (κ2) is 10.0. The van der Waals surface area contributed by atoms with Crippen LogP contribution in [-0.4, -0.2) is 52.7 Å². The minimum absolute atomic E-state index is 0.179. The van der Waals surface area contributed by atoms with Crippen LogP contribution in [0.5, 0.6) is 0 Å². The summed E-state index contributed by atoms with van der Waals surface area (Å²) in [6, 6.07) is 6.39. The molecule has 0 saturated heterocycles. The van der Waals surface area contributed by atoms with Crippen molar-refractivity contribution in [3.8, 4) is 0 Å². The monoisotopic (exact) mass is 307 g/mol. The molecular weight excluding hydrogens is 275 g/mol. The van der Waals surface area contributed by atoms with Gasteiger partial charge in [-0.1, -0.05) is 51.9 Å². The summed E-state index contributed by atoms with van der Waals surface area (Å²) in [5.41, 5.74) is 2.01. The molecule has 0 atom stereocenters. The van der Waals surface area contributed by atoms with Gasteiger partial charge in [-0.2, -0.15) is 0 Å². The van der Waals surface area contributed by atoms with Crippen LogP contribution >= 0.6 is 0 Å². The molecule has 0 aromatic rings. The predicted octanol–water partition coefficient (Wildman–Crippen LogP) is -0.596. The van der Waals surface area contributed by atoms with Gasteiger partial charge in [-0.25, -0.2) is 0 Å². The number of nitrogens with zero attached hydrogens (tertiary/aromatic N) is 1. The van der Waals surface area contributed by atoms with Crippen LogP contribution in [-0.2, 0) is 0 Å². The highest BCUT2D eigenvalue weighted by atomic mass is 28.4. The Hall–Kier alpha value is 1.04. The first kappa shape index (κ1) is 17.0. The Morgan fingerprint density at radius 2 is 1.31 bits per heavy atom. The van der Waals surface area contributed by atoms with Gasteiger partial charge in [-0.15, -0.1) is 0 Å². The summed E-state index contributed by atoms with van der Waals surface area (Å²) in [7, 11) is 2.65. The molecule has 16 heavy (non-hydrogen) atoms. The molecule has 0 aliphatic carbocycles. The van der Waals surface area contributed by atoms with Gasteiger partial charge in [-0.3, -0.25) is 0 Å². The first-order valence-electron chi connectivity index (χ1n) is 7.28. The Morgan fingerprint density at radius 3 is 1.56 bits per heavy atom. The molecule has 0 heterocycles. The highest BCUT2D eigenvalue weighted by Crippen LogP contribution is 2.23. The summed E-state index contributed by atoms with van der Waals surface area (Å²) < 4.78 is 3.20. The first-order valence-corrected chi connectivity index (χ1v) is 15.2. The molecule has 0 aromatic carbocycles. The van der Waals surface area contributed by atoms with Crippen LogP contribution in [0.1, 0.15) is 27.7 Å². The Labute approximate surface area is 115 Å². The van der Waals surface area contributed by atoms with E-state index in [-0.39, 0.29) is 19.4 Å². The smallest absolute Gasteiger partial charge is 0.102 e. The molecule has 0 radical (unpaired) electrons. The minimum atomic E-state index is -0.571. The summed E-state index contributed by atoms with van der Waals surface area (Å²) >= 11 is 0. The predicted molar refractivity (Wildman–Crippen MR) is 95.4 cm³/mol. The summed E-state index contributed by atoms with van der Waals surface area (Å²) in [6.45, 7) is 9.98. The van der Waals surface area contributed by atoms with Crippen LogP contribution in [0.4, 0.5) is 0 Å². The van der Waals surface area contributed by atoms with Gasteiger partial charge in [0, 0.05) is 20.5 Å². The fourth-order valence-electron chi connectivity index (χ4n) is 2.75. The number of hydrogen-bond donors (Lipinski definition) is 0. The van der Waals surface area contributed by atoms with Gasteiger partial charge in [0.2, 0.25) is 0 Å². The van der Waals surface area contributed by atoms with Crippen LogP contribution in [0.3, 0.4) is 0 Å². The minimum Gasteiger partial charge on any atom is -0.380 e. The van der Waals surface area contributed by atoms with Crippen molar-refractivity contribution in [3.05, 3.63) is 0 Å². The summed E-state index contributed by atoms with van der Waals surface area (Å²) in [5, 5.41) is 0. The topological polar surface area (TPSA) is 3.24 Å². The standard InChI is InChI=1S/C10H33NSi5/c1-9(2)16(10(3)4)11(14-7-5-12)15-8-6-13/h9-10,16H,5-8,14-15H2,1-4,12-13H3. The lowest BCUT2D eigenvalue weighted by Crippen LogP contribution is -2.48. The van der Waals surface area contributed by atoms with E-state index in [2.05, 4.69) is 31.6 Å². The molecule has 0 aliphatic heterocycles. The van der Waals surface area contributed by atoms with Gasteiger partial charge in [0.15, 0.2) is 0 Å². The van der Waals surface area contributed by atoms with E-state index in [4.69, 9.17) is 0 Å². The first-order chi connectivity index (χ1) is 7.54. The van der Waals surface area contributed by atoms with Crippen molar-refractivity contribution in [2.45, 2.75) is 63.0 Å². The average Bonchev–Trinajstić information content (AvgIpc) is 2.20. The fraction of sp³-hybridized carbons (Fsp3) is 1.00. The maximum Gasteiger partial charge on any atom is 0.102 e. The van der Waals surface area contributed by atoms with Crippen molar-refractivity contribution in [1.29, 1.82) is 0 Å². The van der Waals surface area contributed by atoms with E-state index in [0.717, 1.165) is 11.1 Å². The van der Waals surface area contributed by atoms with Gasteiger partial charge in [0.25, 0.3) is 0 Å². The van der Waals surface area contributed by atoms with Crippen molar-refractivity contribution >= 4 is 48.8 Å². The van der Waals surface area contributed by atoms with Gasteiger partial charge < -0.3 is 3.90 Å². The molecule has 0 rings (SSSR count). The molecule has 0 spiro atoms. The molecule has 98 valence electrons. The van der Waals surface area contributed by atoms with Crippen LogP contribution in [0.25, 0.3) is 0 Å². The zero-order chi connectivity index (χ0) is 12.6. The molecule has 0 bridgehead atoms. The zero-order valence-corrected chi connectivity index (χ0v) is 20.4. The van der Waals surface area contributed by atoms with Crippen LogP contribution < -0.4 is 0 Å². The lowest BCUT2D eigenvalue weighted by Gasteiger charge is -2.36. The average molecular weight is 308 g/mol. The second-order valence-electron chi connectivity index (χ2n) is 5.72. The normalized spacial score (nSPS) is 14.2. The Bertz CT molecular complexity index is 149. The van der Waals surface area contributed by atoms with Crippen LogP contribution in [0.15, 0.2) is 0 Å². The van der Waals surface area contributed by atoms with Crippen LogP contribution in [0.2, 0.25) is 35.3 Å². The fourth-order valence-corrected chi connectivity index (χ4v) is 20.1. The molecule has 6 heteroatoms. The summed E-state index contributed by atoms with van der Waals surface area (Å²) in [6.07, 6.45) is 0. The second-order valence-corrected chi connectivity index (χ2v) is 18.4. The molecule has 0 fully saturated rings. The van der Waals surface area contributed by atoms with E-state index in [9.17, 15) is 0 Å². The zero-order valence-electron chi connectivity index (χ0n) is 12.4. The highest BCUT2D eigenvalue weighted by Gasteiger charge is 2.25. The van der Waals surface area contributed by atoms with Gasteiger partial charge >= 0.3 is 0 Å². The third-order valence-corrected chi connectivity index (χ3v) is 20.4. The molecule has 0 aliphatic rings. The van der Waals surface area contributed by atoms with E-state index >= 15 is 0 Å². The highest BCUT2D eigenvalue weighted by molar-refractivity contribution is 6.77. The lowest BCUT2D eigenvalue weighted by molar-refractivity contribution is 0.833. The van der Waals surface area contributed by atoms with E-state index < -0.39 is 8.96 Å². The molecule has 0 saturated carbocycles. The molecule has 0 aromatic heterocycles. The maximum atomic E-state index is 3.20. The summed E-state index contributed by atoms with van der Waals surface area (Å²) in [4.78, 5) is 0. The summed E-state index contributed by atoms with van der Waals surface area (Å²) in [5.74, 6) is 0. The molecule has 0 unspecified atom stereocenters. The van der Waals surface area contributed by atoms with Crippen molar-refractivity contribution in [1.82, 2.24) is 3.90 Å². The quantitative estimate of drug-likeness (QED) is 0.515. The van der Waals surface area contributed by atoms with Crippen LogP contribution in [0, 0.1) is 0 Å². The number of hydrogen-bond acceptors (Lipinski definition) is 1. The maximum absolute atomic E-state index is 3.20. The van der Waals surface area contributed by atoms with E-state index in [1.165, 1.54) is 20.5 Å². The van der Waals surface area contributed by atoms with Gasteiger partial charge in [0.1, 0.15) is 8.96 Å². The third-order valence-electron chi connectivity index (χ3n) is 3.39. The molecule has 0 N–H and O–H groups in total. The third kappa shape index (κ3) is 6.70. The molecule has 1 nitrogen and oxygen atoms in total. The van der Waals surface area contributed by atoms with E-state index in [1.54, 1.807) is 24.2 Å². The van der Waals surface area contributed by atoms with Crippen molar-refractivity contribution in [2.75, 3.05) is 0 Å². The molecular formula is C10H33NSi5. The van der Waals surface area contributed by atoms with E-state index in [0.29, 0.717) is 0 Å². The SMILES string of the molecule is CC(C)[SiH](C(C)C)N([SiH2]CC[SiH3])[SiH2]CC[SiH3].